The lowest BCUT2D eigenvalue weighted by Crippen LogP contribution is -2.39. The van der Waals surface area contributed by atoms with Crippen LogP contribution in [0.4, 0.5) is 0 Å². The van der Waals surface area contributed by atoms with Crippen molar-refractivity contribution in [3.05, 3.63) is 11.7 Å². The molecule has 16 heavy (non-hydrogen) atoms. The fourth-order valence-corrected chi connectivity index (χ4v) is 1.46. The number of nitrogens with zero attached hydrogens (tertiary/aromatic N) is 2. The van der Waals surface area contributed by atoms with Crippen LogP contribution in [0.3, 0.4) is 0 Å². The zero-order chi connectivity index (χ0) is 11.6. The first-order valence-corrected chi connectivity index (χ1v) is 5.84. The number of ether oxygens (including phenoxy) is 1. The molecule has 1 heterocycles. The van der Waals surface area contributed by atoms with Gasteiger partial charge < -0.3 is 15.0 Å². The first-order chi connectivity index (χ1) is 7.63. The van der Waals surface area contributed by atoms with Crippen molar-refractivity contribution in [2.75, 3.05) is 13.2 Å². The maximum atomic E-state index is 6.10. The third-order valence-corrected chi connectivity index (χ3v) is 2.63. The molecule has 0 amide bonds. The molecule has 1 aliphatic carbocycles. The van der Waals surface area contributed by atoms with Crippen LogP contribution in [0.5, 0.6) is 0 Å². The third-order valence-electron chi connectivity index (χ3n) is 2.63. The van der Waals surface area contributed by atoms with E-state index in [1.165, 1.54) is 0 Å². The van der Waals surface area contributed by atoms with Crippen LogP contribution in [0, 0.1) is 0 Å². The first-order valence-electron chi connectivity index (χ1n) is 5.84. The van der Waals surface area contributed by atoms with Gasteiger partial charge >= 0.3 is 0 Å². The third kappa shape index (κ3) is 2.59. The SMILES string of the molecule is CCCOCC(C)(N)c1noc(C2CC2)n1. The number of aromatic nitrogens is 2. The molecule has 1 aromatic heterocycles. The molecule has 1 aliphatic rings. The lowest BCUT2D eigenvalue weighted by Gasteiger charge is -2.19. The molecule has 5 nitrogen and oxygen atoms in total. The fraction of sp³-hybridized carbons (Fsp3) is 0.818. The number of rotatable bonds is 6. The van der Waals surface area contributed by atoms with Gasteiger partial charge in [-0.3, -0.25) is 0 Å². The lowest BCUT2D eigenvalue weighted by molar-refractivity contribution is 0.0867. The van der Waals surface area contributed by atoms with Crippen LogP contribution in [0.1, 0.15) is 50.7 Å². The molecule has 2 N–H and O–H groups in total. The Bertz CT molecular complexity index is 345. The molecule has 1 aromatic rings. The van der Waals surface area contributed by atoms with Gasteiger partial charge in [0.25, 0.3) is 0 Å². The van der Waals surface area contributed by atoms with Crippen molar-refractivity contribution in [1.29, 1.82) is 0 Å². The minimum atomic E-state index is -0.661. The molecule has 0 aliphatic heterocycles. The number of nitrogens with two attached hydrogens (primary N) is 1. The molecule has 0 aromatic carbocycles. The van der Waals surface area contributed by atoms with Gasteiger partial charge in [-0.25, -0.2) is 0 Å². The Morgan fingerprint density at radius 2 is 2.31 bits per heavy atom. The summed E-state index contributed by atoms with van der Waals surface area (Å²) in [4.78, 5) is 4.34. The summed E-state index contributed by atoms with van der Waals surface area (Å²) in [5.41, 5.74) is 5.44. The molecule has 90 valence electrons. The standard InChI is InChI=1S/C11H19N3O2/c1-3-6-15-7-11(2,12)10-13-9(16-14-10)8-4-5-8/h8H,3-7,12H2,1-2H3. The molecule has 1 unspecified atom stereocenters. The molecule has 1 fully saturated rings. The molecule has 0 bridgehead atoms. The highest BCUT2D eigenvalue weighted by Crippen LogP contribution is 2.39. The summed E-state index contributed by atoms with van der Waals surface area (Å²) in [6.45, 7) is 5.06. The minimum absolute atomic E-state index is 0.421. The van der Waals surface area contributed by atoms with Crippen molar-refractivity contribution in [1.82, 2.24) is 10.1 Å². The normalized spacial score (nSPS) is 19.7. The van der Waals surface area contributed by atoms with E-state index in [0.717, 1.165) is 25.2 Å². The largest absolute Gasteiger partial charge is 0.379 e. The van der Waals surface area contributed by atoms with Crippen LogP contribution >= 0.6 is 0 Å². The second-order valence-corrected chi connectivity index (χ2v) is 4.70. The average Bonchev–Trinajstić information content (AvgIpc) is 2.96. The Balaban J connectivity index is 1.96. The van der Waals surface area contributed by atoms with Crippen LogP contribution in [-0.2, 0) is 10.3 Å². The van der Waals surface area contributed by atoms with Crippen LogP contribution in [0.2, 0.25) is 0 Å². The summed E-state index contributed by atoms with van der Waals surface area (Å²) in [6.07, 6.45) is 3.28. The Labute approximate surface area is 95.3 Å². The van der Waals surface area contributed by atoms with Gasteiger partial charge in [-0.2, -0.15) is 4.98 Å². The van der Waals surface area contributed by atoms with E-state index in [4.69, 9.17) is 15.0 Å². The van der Waals surface area contributed by atoms with Gasteiger partial charge in [0.2, 0.25) is 5.89 Å². The smallest absolute Gasteiger partial charge is 0.229 e. The predicted molar refractivity (Wildman–Crippen MR) is 58.9 cm³/mol. The Morgan fingerprint density at radius 3 is 2.94 bits per heavy atom. The summed E-state index contributed by atoms with van der Waals surface area (Å²) >= 11 is 0. The van der Waals surface area contributed by atoms with Crippen molar-refractivity contribution < 1.29 is 9.26 Å². The summed E-state index contributed by atoms with van der Waals surface area (Å²) in [5.74, 6) is 1.74. The Morgan fingerprint density at radius 1 is 1.56 bits per heavy atom. The second-order valence-electron chi connectivity index (χ2n) is 4.70. The van der Waals surface area contributed by atoms with Gasteiger partial charge in [-0.1, -0.05) is 12.1 Å². The summed E-state index contributed by atoms with van der Waals surface area (Å²) < 4.78 is 10.6. The van der Waals surface area contributed by atoms with E-state index in [2.05, 4.69) is 17.1 Å². The van der Waals surface area contributed by atoms with E-state index in [-0.39, 0.29) is 0 Å². The topological polar surface area (TPSA) is 74.2 Å². The second kappa shape index (κ2) is 4.51. The van der Waals surface area contributed by atoms with Crippen molar-refractivity contribution in [3.8, 4) is 0 Å². The lowest BCUT2D eigenvalue weighted by atomic mass is 10.1. The predicted octanol–water partition coefficient (Wildman–Crippen LogP) is 1.55. The van der Waals surface area contributed by atoms with Gasteiger partial charge in [-0.05, 0) is 26.2 Å². The molecular weight excluding hydrogens is 206 g/mol. The highest BCUT2D eigenvalue weighted by molar-refractivity contribution is 5.07. The summed E-state index contributed by atoms with van der Waals surface area (Å²) in [7, 11) is 0. The molecule has 1 saturated carbocycles. The van der Waals surface area contributed by atoms with E-state index in [0.29, 0.717) is 25.0 Å². The van der Waals surface area contributed by atoms with Crippen LogP contribution in [-0.4, -0.2) is 23.4 Å². The average molecular weight is 225 g/mol. The van der Waals surface area contributed by atoms with Crippen LogP contribution < -0.4 is 5.73 Å². The molecule has 0 radical (unpaired) electrons. The summed E-state index contributed by atoms with van der Waals surface area (Å²) in [5, 5.41) is 3.94. The highest BCUT2D eigenvalue weighted by atomic mass is 16.5. The van der Waals surface area contributed by atoms with Crippen molar-refractivity contribution in [2.24, 2.45) is 5.73 Å². The Hall–Kier alpha value is -0.940. The molecule has 5 heteroatoms. The Kier molecular flexibility index (Phi) is 3.25. The monoisotopic (exact) mass is 225 g/mol. The van der Waals surface area contributed by atoms with Gasteiger partial charge in [0.15, 0.2) is 5.82 Å². The van der Waals surface area contributed by atoms with Gasteiger partial charge in [0, 0.05) is 12.5 Å². The van der Waals surface area contributed by atoms with Crippen molar-refractivity contribution in [3.63, 3.8) is 0 Å². The van der Waals surface area contributed by atoms with E-state index < -0.39 is 5.54 Å². The van der Waals surface area contributed by atoms with Gasteiger partial charge in [0.1, 0.15) is 5.54 Å². The minimum Gasteiger partial charge on any atom is -0.379 e. The van der Waals surface area contributed by atoms with E-state index in [9.17, 15) is 0 Å². The zero-order valence-electron chi connectivity index (χ0n) is 9.90. The highest BCUT2D eigenvalue weighted by Gasteiger charge is 2.33. The zero-order valence-corrected chi connectivity index (χ0v) is 9.90. The maximum absolute atomic E-state index is 6.10. The van der Waals surface area contributed by atoms with Gasteiger partial charge in [-0.15, -0.1) is 0 Å². The maximum Gasteiger partial charge on any atom is 0.229 e. The van der Waals surface area contributed by atoms with Crippen LogP contribution in [0.15, 0.2) is 4.52 Å². The first kappa shape index (κ1) is 11.5. The molecular formula is C11H19N3O2. The molecule has 0 saturated heterocycles. The molecule has 1 atom stereocenters. The quantitative estimate of drug-likeness (QED) is 0.743. The van der Waals surface area contributed by atoms with Crippen molar-refractivity contribution >= 4 is 0 Å². The van der Waals surface area contributed by atoms with Crippen LogP contribution in [0.25, 0.3) is 0 Å². The van der Waals surface area contributed by atoms with Gasteiger partial charge in [0.05, 0.1) is 6.61 Å². The molecule has 0 spiro atoms. The number of hydrogen-bond acceptors (Lipinski definition) is 5. The van der Waals surface area contributed by atoms with E-state index in [1.54, 1.807) is 0 Å². The van der Waals surface area contributed by atoms with E-state index >= 15 is 0 Å². The number of hydrogen-bond donors (Lipinski definition) is 1. The van der Waals surface area contributed by atoms with E-state index in [1.807, 2.05) is 6.92 Å². The molecule has 2 rings (SSSR count). The summed E-state index contributed by atoms with van der Waals surface area (Å²) in [6, 6.07) is 0. The van der Waals surface area contributed by atoms with Crippen molar-refractivity contribution in [2.45, 2.75) is 44.6 Å². The fourth-order valence-electron chi connectivity index (χ4n) is 1.46.